The molecule has 0 aliphatic heterocycles. The number of aromatic amines is 1. The van der Waals surface area contributed by atoms with Crippen LogP contribution in [0.5, 0.6) is 0 Å². The minimum absolute atomic E-state index is 0.114. The molecule has 1 aromatic heterocycles. The summed E-state index contributed by atoms with van der Waals surface area (Å²) in [6.45, 7) is 3.90. The van der Waals surface area contributed by atoms with Crippen LogP contribution in [-0.4, -0.2) is 15.7 Å². The van der Waals surface area contributed by atoms with Gasteiger partial charge < -0.3 is 10.3 Å². The number of H-pyrrole nitrogens is 1. The van der Waals surface area contributed by atoms with Crippen LogP contribution in [0.4, 0.5) is 5.69 Å². The molecule has 0 saturated carbocycles. The van der Waals surface area contributed by atoms with Crippen LogP contribution < -0.4 is 10.9 Å². The largest absolute Gasteiger partial charge is 0.327 e. The van der Waals surface area contributed by atoms with Crippen LogP contribution in [0.2, 0.25) is 0 Å². The fraction of sp³-hybridized carbons (Fsp3) is 0.400. The molecule has 0 bridgehead atoms. The maximum Gasteiger partial charge on any atom is 0.248 e. The Balaban J connectivity index is 2.66. The van der Waals surface area contributed by atoms with Crippen molar-refractivity contribution < 1.29 is 4.79 Å². The van der Waals surface area contributed by atoms with Crippen molar-refractivity contribution in [2.45, 2.75) is 18.7 Å². The van der Waals surface area contributed by atoms with Gasteiger partial charge in [0, 0.05) is 12.3 Å². The first-order valence-corrected chi connectivity index (χ1v) is 5.56. The lowest BCUT2D eigenvalue weighted by Gasteiger charge is -2.13. The maximum atomic E-state index is 11.6. The summed E-state index contributed by atoms with van der Waals surface area (Å²) in [6.07, 6.45) is 1.47. The topological polar surface area (TPSA) is 62.0 Å². The molecule has 0 saturated heterocycles. The molecule has 15 heavy (non-hydrogen) atoms. The first-order valence-electron chi connectivity index (χ1n) is 4.64. The second kappa shape index (κ2) is 5.11. The molecular formula is C10H13BrN2O2. The minimum Gasteiger partial charge on any atom is -0.327 e. The second-order valence-electron chi connectivity index (χ2n) is 3.58. The Hall–Kier alpha value is -1.10. The average Bonchev–Trinajstić information content (AvgIpc) is 2.20. The highest BCUT2D eigenvalue weighted by molar-refractivity contribution is 9.10. The highest BCUT2D eigenvalue weighted by Crippen LogP contribution is 2.14. The Labute approximate surface area is 96.2 Å². The third-order valence-electron chi connectivity index (χ3n) is 1.89. The zero-order valence-electron chi connectivity index (χ0n) is 8.58. The van der Waals surface area contributed by atoms with E-state index >= 15 is 0 Å². The average molecular weight is 273 g/mol. The van der Waals surface area contributed by atoms with Gasteiger partial charge in [0.25, 0.3) is 0 Å². The first kappa shape index (κ1) is 12.0. The van der Waals surface area contributed by atoms with Crippen molar-refractivity contribution in [2.24, 2.45) is 5.92 Å². The number of rotatable bonds is 3. The number of anilines is 1. The van der Waals surface area contributed by atoms with E-state index < -0.39 is 0 Å². The molecule has 1 unspecified atom stereocenters. The molecule has 1 amide bonds. The third kappa shape index (κ3) is 3.51. The number of aromatic nitrogens is 1. The number of alkyl halides is 1. The lowest BCUT2D eigenvalue weighted by Crippen LogP contribution is -2.27. The van der Waals surface area contributed by atoms with Crippen LogP contribution in [0.15, 0.2) is 23.1 Å². The predicted octanol–water partition coefficient (Wildman–Crippen LogP) is 1.73. The van der Waals surface area contributed by atoms with Crippen LogP contribution >= 0.6 is 15.9 Å². The molecule has 0 aliphatic rings. The summed E-state index contributed by atoms with van der Waals surface area (Å²) in [5.41, 5.74) is 0.400. The third-order valence-corrected chi connectivity index (χ3v) is 3.36. The van der Waals surface area contributed by atoms with Crippen LogP contribution in [0.1, 0.15) is 13.8 Å². The van der Waals surface area contributed by atoms with Gasteiger partial charge in [0.05, 0.1) is 10.5 Å². The smallest absolute Gasteiger partial charge is 0.248 e. The molecule has 4 nitrogen and oxygen atoms in total. The van der Waals surface area contributed by atoms with E-state index in [0.717, 1.165) is 0 Å². The number of hydrogen-bond donors (Lipinski definition) is 2. The molecule has 0 radical (unpaired) electrons. The zero-order valence-corrected chi connectivity index (χ0v) is 10.2. The highest BCUT2D eigenvalue weighted by atomic mass is 79.9. The number of halogens is 1. The number of pyridine rings is 1. The van der Waals surface area contributed by atoms with Crippen LogP contribution in [0, 0.1) is 5.92 Å². The monoisotopic (exact) mass is 272 g/mol. The van der Waals surface area contributed by atoms with Gasteiger partial charge in [0.15, 0.2) is 0 Å². The number of nitrogens with one attached hydrogen (secondary N) is 2. The molecule has 0 spiro atoms. The van der Waals surface area contributed by atoms with Crippen molar-refractivity contribution in [3.63, 3.8) is 0 Å². The van der Waals surface area contributed by atoms with Crippen molar-refractivity contribution in [3.05, 3.63) is 28.7 Å². The van der Waals surface area contributed by atoms with Gasteiger partial charge in [-0.05, 0) is 12.0 Å². The molecule has 82 valence electrons. The number of carbonyl (C=O) groups is 1. The SMILES string of the molecule is CC(C)C(Br)C(=O)Nc1ccc(=O)[nH]c1. The van der Waals surface area contributed by atoms with Gasteiger partial charge in [-0.2, -0.15) is 0 Å². The van der Waals surface area contributed by atoms with E-state index in [0.29, 0.717) is 5.69 Å². The van der Waals surface area contributed by atoms with Crippen molar-refractivity contribution in [1.82, 2.24) is 4.98 Å². The highest BCUT2D eigenvalue weighted by Gasteiger charge is 2.18. The molecule has 1 heterocycles. The Morgan fingerprint density at radius 1 is 1.47 bits per heavy atom. The minimum atomic E-state index is -0.232. The van der Waals surface area contributed by atoms with E-state index in [2.05, 4.69) is 26.2 Å². The summed E-state index contributed by atoms with van der Waals surface area (Å²) in [4.78, 5) is 24.6. The van der Waals surface area contributed by atoms with E-state index in [1.54, 1.807) is 6.07 Å². The quantitative estimate of drug-likeness (QED) is 0.824. The van der Waals surface area contributed by atoms with Gasteiger partial charge in [-0.15, -0.1) is 0 Å². The molecule has 5 heteroatoms. The van der Waals surface area contributed by atoms with Crippen LogP contribution in [0.25, 0.3) is 0 Å². The summed E-state index contributed by atoms with van der Waals surface area (Å²) in [6, 6.07) is 2.94. The van der Waals surface area contributed by atoms with Gasteiger partial charge in [0.1, 0.15) is 0 Å². The molecule has 1 rings (SSSR count). The van der Waals surface area contributed by atoms with Gasteiger partial charge >= 0.3 is 0 Å². The van der Waals surface area contributed by atoms with E-state index in [9.17, 15) is 9.59 Å². The molecule has 0 aliphatic carbocycles. The van der Waals surface area contributed by atoms with Crippen molar-refractivity contribution in [1.29, 1.82) is 0 Å². The summed E-state index contributed by atoms with van der Waals surface area (Å²) >= 11 is 3.30. The molecule has 1 aromatic rings. The van der Waals surface area contributed by atoms with E-state index in [-0.39, 0.29) is 22.2 Å². The molecule has 2 N–H and O–H groups in total. The number of amides is 1. The lowest BCUT2D eigenvalue weighted by molar-refractivity contribution is -0.116. The predicted molar refractivity (Wildman–Crippen MR) is 63.2 cm³/mol. The van der Waals surface area contributed by atoms with E-state index in [4.69, 9.17) is 0 Å². The van der Waals surface area contributed by atoms with Gasteiger partial charge in [-0.25, -0.2) is 0 Å². The zero-order chi connectivity index (χ0) is 11.4. The van der Waals surface area contributed by atoms with Crippen molar-refractivity contribution in [3.8, 4) is 0 Å². The first-order chi connectivity index (χ1) is 7.00. The molecule has 0 fully saturated rings. The maximum absolute atomic E-state index is 11.6. The summed E-state index contributed by atoms with van der Waals surface area (Å²) in [5.74, 6) is 0.102. The Morgan fingerprint density at radius 3 is 2.60 bits per heavy atom. The normalized spacial score (nSPS) is 12.5. The van der Waals surface area contributed by atoms with Crippen LogP contribution in [-0.2, 0) is 4.79 Å². The van der Waals surface area contributed by atoms with Gasteiger partial charge in [-0.3, -0.25) is 9.59 Å². The molecule has 0 aromatic carbocycles. The summed E-state index contributed by atoms with van der Waals surface area (Å²) in [5, 5.41) is 2.69. The summed E-state index contributed by atoms with van der Waals surface area (Å²) in [7, 11) is 0. The Bertz CT molecular complexity index is 380. The van der Waals surface area contributed by atoms with Gasteiger partial charge in [0.2, 0.25) is 11.5 Å². The molecule has 1 atom stereocenters. The van der Waals surface area contributed by atoms with E-state index in [1.807, 2.05) is 13.8 Å². The van der Waals surface area contributed by atoms with Crippen molar-refractivity contribution in [2.75, 3.05) is 5.32 Å². The van der Waals surface area contributed by atoms with E-state index in [1.165, 1.54) is 12.3 Å². The Morgan fingerprint density at radius 2 is 2.13 bits per heavy atom. The fourth-order valence-electron chi connectivity index (χ4n) is 1.00. The van der Waals surface area contributed by atoms with Crippen LogP contribution in [0.3, 0.4) is 0 Å². The fourth-order valence-corrected chi connectivity index (χ4v) is 1.12. The summed E-state index contributed by atoms with van der Waals surface area (Å²) < 4.78 is 0. The number of carbonyl (C=O) groups excluding carboxylic acids is 1. The standard InChI is InChI=1S/C10H13BrN2O2/c1-6(2)9(11)10(15)13-7-3-4-8(14)12-5-7/h3-6,9H,1-2H3,(H,12,14)(H,13,15). The molecular weight excluding hydrogens is 260 g/mol. The van der Waals surface area contributed by atoms with Crippen molar-refractivity contribution >= 4 is 27.5 Å². The Kier molecular flexibility index (Phi) is 4.08. The lowest BCUT2D eigenvalue weighted by atomic mass is 10.1. The second-order valence-corrected chi connectivity index (χ2v) is 4.56. The number of hydrogen-bond acceptors (Lipinski definition) is 2. The van der Waals surface area contributed by atoms with Gasteiger partial charge in [-0.1, -0.05) is 29.8 Å².